The van der Waals surface area contributed by atoms with E-state index < -0.39 is 35.2 Å². The zero-order valence-electron chi connectivity index (χ0n) is 16.9. The lowest BCUT2D eigenvalue weighted by Gasteiger charge is -2.49. The molecule has 1 saturated heterocycles. The van der Waals surface area contributed by atoms with Gasteiger partial charge in [0, 0.05) is 24.3 Å². The number of carboxylic acids is 1. The van der Waals surface area contributed by atoms with E-state index in [4.69, 9.17) is 4.74 Å². The minimum Gasteiger partial charge on any atom is -0.477 e. The Morgan fingerprint density at radius 2 is 1.94 bits per heavy atom. The maximum atomic E-state index is 12.7. The molecule has 10 nitrogen and oxygen atoms in total. The summed E-state index contributed by atoms with van der Waals surface area (Å²) < 4.78 is 6.21. The number of para-hydroxylation sites is 1. The van der Waals surface area contributed by atoms with Gasteiger partial charge in [0.25, 0.3) is 11.5 Å². The first kappa shape index (κ1) is 21.6. The average molecular weight is 457 g/mol. The number of carbonyl (C=O) groups is 4. The Hall–Kier alpha value is -3.60. The van der Waals surface area contributed by atoms with Crippen LogP contribution in [0.5, 0.6) is 0 Å². The smallest absolute Gasteiger partial charge is 0.352 e. The van der Waals surface area contributed by atoms with Gasteiger partial charge in [-0.15, -0.1) is 11.8 Å². The third-order valence-electron chi connectivity index (χ3n) is 5.22. The SMILES string of the molecule is CC(=O)OCC1=C(C(=O)O)N2C(=O)[C@@H](NC(=O)Cn3c(=O)ccc4ccccc43)[C@H]2SC1. The number of benzene rings is 1. The molecule has 1 aromatic heterocycles. The van der Waals surface area contributed by atoms with E-state index in [-0.39, 0.29) is 30.2 Å². The molecule has 1 fully saturated rings. The summed E-state index contributed by atoms with van der Waals surface area (Å²) in [5.41, 5.74) is 0.332. The first-order chi connectivity index (χ1) is 15.3. The van der Waals surface area contributed by atoms with Crippen molar-refractivity contribution in [3.63, 3.8) is 0 Å². The number of hydrogen-bond acceptors (Lipinski definition) is 7. The Labute approximate surface area is 185 Å². The van der Waals surface area contributed by atoms with Crippen LogP contribution in [0.2, 0.25) is 0 Å². The highest BCUT2D eigenvalue weighted by Gasteiger charge is 2.54. The van der Waals surface area contributed by atoms with Crippen molar-refractivity contribution in [2.24, 2.45) is 0 Å². The summed E-state index contributed by atoms with van der Waals surface area (Å²) in [6.07, 6.45) is 0. The van der Waals surface area contributed by atoms with Crippen LogP contribution >= 0.6 is 11.8 Å². The Balaban J connectivity index is 1.50. The van der Waals surface area contributed by atoms with Crippen molar-refractivity contribution in [1.29, 1.82) is 0 Å². The fourth-order valence-corrected chi connectivity index (χ4v) is 5.08. The maximum absolute atomic E-state index is 12.7. The van der Waals surface area contributed by atoms with Crippen molar-refractivity contribution in [3.8, 4) is 0 Å². The van der Waals surface area contributed by atoms with Crippen LogP contribution in [0, 0.1) is 0 Å². The highest BCUT2D eigenvalue weighted by molar-refractivity contribution is 8.00. The molecule has 0 saturated carbocycles. The van der Waals surface area contributed by atoms with Gasteiger partial charge < -0.3 is 15.2 Å². The van der Waals surface area contributed by atoms with Crippen molar-refractivity contribution in [3.05, 3.63) is 58.0 Å². The van der Waals surface area contributed by atoms with E-state index in [2.05, 4.69) is 5.32 Å². The summed E-state index contributed by atoms with van der Waals surface area (Å²) in [5.74, 6) is -2.73. The standard InChI is InChI=1S/C21H19N3O7S/c1-11(25)31-9-13-10-32-20-17(19(28)24(20)18(13)21(29)30)22-15(26)8-23-14-5-3-2-4-12(14)6-7-16(23)27/h2-7,17,20H,8-10H2,1H3,(H,22,26)(H,29,30)/t17-,20-/m1/s1. The van der Waals surface area contributed by atoms with E-state index in [1.165, 1.54) is 29.3 Å². The van der Waals surface area contributed by atoms with Gasteiger partial charge in [0.2, 0.25) is 5.91 Å². The number of nitrogens with zero attached hydrogens (tertiary/aromatic N) is 2. The monoisotopic (exact) mass is 457 g/mol. The molecule has 3 heterocycles. The van der Waals surface area contributed by atoms with Crippen LogP contribution in [0.4, 0.5) is 0 Å². The topological polar surface area (TPSA) is 135 Å². The Bertz CT molecular complexity index is 1240. The molecule has 2 amide bonds. The average Bonchev–Trinajstić information content (AvgIpc) is 2.77. The third kappa shape index (κ3) is 3.86. The number of aliphatic carboxylic acids is 1. The van der Waals surface area contributed by atoms with Gasteiger partial charge in [-0.2, -0.15) is 0 Å². The first-order valence-electron chi connectivity index (χ1n) is 9.69. The van der Waals surface area contributed by atoms with Crippen LogP contribution < -0.4 is 10.9 Å². The van der Waals surface area contributed by atoms with E-state index in [1.54, 1.807) is 18.2 Å². The molecular formula is C21H19N3O7S. The lowest BCUT2D eigenvalue weighted by molar-refractivity contribution is -0.151. The van der Waals surface area contributed by atoms with Crippen LogP contribution in [0.15, 0.2) is 52.5 Å². The quantitative estimate of drug-likeness (QED) is 0.467. The summed E-state index contributed by atoms with van der Waals surface area (Å²) in [5, 5.41) is 12.4. The number of carbonyl (C=O) groups excluding carboxylic acids is 3. The van der Waals surface area contributed by atoms with E-state index >= 15 is 0 Å². The van der Waals surface area contributed by atoms with Gasteiger partial charge in [-0.3, -0.25) is 28.6 Å². The second kappa shape index (κ2) is 8.50. The predicted molar refractivity (Wildman–Crippen MR) is 115 cm³/mol. The number of esters is 1. The molecule has 11 heteroatoms. The number of fused-ring (bicyclic) bond motifs is 2. The van der Waals surface area contributed by atoms with Gasteiger partial charge in [0.1, 0.15) is 30.3 Å². The predicted octanol–water partition coefficient (Wildman–Crippen LogP) is 0.303. The molecule has 166 valence electrons. The molecule has 0 radical (unpaired) electrons. The number of aromatic nitrogens is 1. The maximum Gasteiger partial charge on any atom is 0.352 e. The minimum absolute atomic E-state index is 0.221. The van der Waals surface area contributed by atoms with Crippen LogP contribution in [0.25, 0.3) is 10.9 Å². The van der Waals surface area contributed by atoms with Crippen LogP contribution in [0.3, 0.4) is 0 Å². The summed E-state index contributed by atoms with van der Waals surface area (Å²) in [6.45, 7) is 0.712. The van der Waals surface area contributed by atoms with Gasteiger partial charge in [-0.05, 0) is 17.5 Å². The molecule has 0 spiro atoms. The summed E-state index contributed by atoms with van der Waals surface area (Å²) in [7, 11) is 0. The van der Waals surface area contributed by atoms with Crippen LogP contribution in [0.1, 0.15) is 6.92 Å². The van der Waals surface area contributed by atoms with Gasteiger partial charge in [0.05, 0.1) is 5.52 Å². The summed E-state index contributed by atoms with van der Waals surface area (Å²) in [6, 6.07) is 9.26. The number of ether oxygens (including phenoxy) is 1. The van der Waals surface area contributed by atoms with Crippen molar-refractivity contribution >= 4 is 46.4 Å². The molecule has 2 aromatic rings. The largest absolute Gasteiger partial charge is 0.477 e. The number of β-lactam (4-membered cyclic amide) rings is 1. The molecule has 2 N–H and O–H groups in total. The molecule has 4 rings (SSSR count). The Morgan fingerprint density at radius 1 is 1.19 bits per heavy atom. The number of hydrogen-bond donors (Lipinski definition) is 2. The van der Waals surface area contributed by atoms with Crippen molar-refractivity contribution in [1.82, 2.24) is 14.8 Å². The Kier molecular flexibility index (Phi) is 5.74. The van der Waals surface area contributed by atoms with E-state index in [9.17, 15) is 29.1 Å². The molecule has 0 aliphatic carbocycles. The molecule has 2 aliphatic rings. The van der Waals surface area contributed by atoms with Crippen molar-refractivity contribution in [2.75, 3.05) is 12.4 Å². The van der Waals surface area contributed by atoms with Crippen molar-refractivity contribution < 1.29 is 29.0 Å². The lowest BCUT2D eigenvalue weighted by Crippen LogP contribution is -2.70. The number of nitrogens with one attached hydrogen (secondary N) is 1. The fraction of sp³-hybridized carbons (Fsp3) is 0.286. The van der Waals surface area contributed by atoms with Gasteiger partial charge >= 0.3 is 11.9 Å². The molecule has 32 heavy (non-hydrogen) atoms. The second-order valence-electron chi connectivity index (χ2n) is 7.31. The number of carboxylic acid groups (broad SMARTS) is 1. The van der Waals surface area contributed by atoms with E-state index in [0.29, 0.717) is 11.1 Å². The molecule has 0 unspecified atom stereocenters. The first-order valence-corrected chi connectivity index (χ1v) is 10.7. The number of rotatable bonds is 6. The number of thioether (sulfide) groups is 1. The van der Waals surface area contributed by atoms with Gasteiger partial charge in [-0.1, -0.05) is 18.2 Å². The molecule has 0 bridgehead atoms. The Morgan fingerprint density at radius 3 is 2.66 bits per heavy atom. The molecule has 2 atom stereocenters. The number of amides is 2. The third-order valence-corrected chi connectivity index (χ3v) is 6.56. The van der Waals surface area contributed by atoms with Gasteiger partial charge in [0.15, 0.2) is 0 Å². The second-order valence-corrected chi connectivity index (χ2v) is 8.41. The fourth-order valence-electron chi connectivity index (χ4n) is 3.75. The normalized spacial score (nSPS) is 19.9. The zero-order chi connectivity index (χ0) is 23.0. The molecule has 1 aromatic carbocycles. The minimum atomic E-state index is -1.31. The zero-order valence-corrected chi connectivity index (χ0v) is 17.8. The van der Waals surface area contributed by atoms with Crippen LogP contribution in [-0.4, -0.2) is 62.1 Å². The van der Waals surface area contributed by atoms with E-state index in [0.717, 1.165) is 10.3 Å². The molecule has 2 aliphatic heterocycles. The number of pyridine rings is 1. The lowest BCUT2D eigenvalue weighted by atomic mass is 10.0. The highest BCUT2D eigenvalue weighted by Crippen LogP contribution is 2.40. The van der Waals surface area contributed by atoms with Crippen LogP contribution in [-0.2, 0) is 30.5 Å². The molecular weight excluding hydrogens is 438 g/mol. The van der Waals surface area contributed by atoms with Crippen molar-refractivity contribution in [2.45, 2.75) is 24.9 Å². The highest BCUT2D eigenvalue weighted by atomic mass is 32.2. The summed E-state index contributed by atoms with van der Waals surface area (Å²) in [4.78, 5) is 61.5. The van der Waals surface area contributed by atoms with E-state index in [1.807, 2.05) is 12.1 Å². The van der Waals surface area contributed by atoms with Gasteiger partial charge in [-0.25, -0.2) is 4.79 Å². The summed E-state index contributed by atoms with van der Waals surface area (Å²) >= 11 is 1.27.